The third-order valence-corrected chi connectivity index (χ3v) is 6.90. The number of nitrogens with zero attached hydrogens (tertiary/aromatic N) is 1. The second-order valence-electron chi connectivity index (χ2n) is 7.25. The van der Waals surface area contributed by atoms with E-state index in [2.05, 4.69) is 5.32 Å². The molecular weight excluding hydrogens is 364 g/mol. The fraction of sp³-hybridized carbons (Fsp3) is 0.450. The van der Waals surface area contributed by atoms with E-state index in [1.54, 1.807) is 6.92 Å². The molecule has 1 saturated heterocycles. The van der Waals surface area contributed by atoms with Gasteiger partial charge in [-0.3, -0.25) is 4.79 Å². The minimum atomic E-state index is -3.62. The van der Waals surface area contributed by atoms with Gasteiger partial charge >= 0.3 is 0 Å². The molecule has 1 unspecified atom stereocenters. The van der Waals surface area contributed by atoms with Gasteiger partial charge in [0.1, 0.15) is 10.7 Å². The van der Waals surface area contributed by atoms with E-state index in [4.69, 9.17) is 4.42 Å². The molecule has 0 bridgehead atoms. The molecule has 6 nitrogen and oxygen atoms in total. The minimum Gasteiger partial charge on any atom is -0.455 e. The molecule has 7 heteroatoms. The SMILES string of the molecule is Cc1oc(C(=O)NC(c2ccccc2)C(C)C)cc1S(=O)(=O)N1CCCC1. The van der Waals surface area contributed by atoms with Gasteiger partial charge in [-0.05, 0) is 31.2 Å². The van der Waals surface area contributed by atoms with Crippen molar-refractivity contribution in [3.05, 3.63) is 53.5 Å². The fourth-order valence-corrected chi connectivity index (χ4v) is 5.09. The molecule has 1 N–H and O–H groups in total. The average molecular weight is 391 g/mol. The zero-order valence-electron chi connectivity index (χ0n) is 15.9. The first-order valence-corrected chi connectivity index (χ1v) is 10.7. The molecule has 1 aromatic carbocycles. The van der Waals surface area contributed by atoms with Crippen molar-refractivity contribution in [2.45, 2.75) is 44.6 Å². The first-order valence-electron chi connectivity index (χ1n) is 9.27. The first kappa shape index (κ1) is 19.6. The summed E-state index contributed by atoms with van der Waals surface area (Å²) >= 11 is 0. The van der Waals surface area contributed by atoms with Crippen molar-refractivity contribution in [3.63, 3.8) is 0 Å². The van der Waals surface area contributed by atoms with E-state index in [0.29, 0.717) is 13.1 Å². The molecule has 1 aliphatic heterocycles. The van der Waals surface area contributed by atoms with Crippen LogP contribution < -0.4 is 5.32 Å². The van der Waals surface area contributed by atoms with Gasteiger partial charge in [-0.1, -0.05) is 44.2 Å². The van der Waals surface area contributed by atoms with Crippen molar-refractivity contribution in [1.29, 1.82) is 0 Å². The normalized spacial score (nSPS) is 16.6. The molecular formula is C20H26N2O4S. The van der Waals surface area contributed by atoms with E-state index < -0.39 is 15.9 Å². The van der Waals surface area contributed by atoms with Crippen LogP contribution in [0.4, 0.5) is 0 Å². The van der Waals surface area contributed by atoms with Crippen molar-refractivity contribution < 1.29 is 17.6 Å². The Balaban J connectivity index is 1.83. The number of amides is 1. The van der Waals surface area contributed by atoms with E-state index in [9.17, 15) is 13.2 Å². The van der Waals surface area contributed by atoms with Crippen LogP contribution >= 0.6 is 0 Å². The summed E-state index contributed by atoms with van der Waals surface area (Å²) in [6.07, 6.45) is 1.72. The van der Waals surface area contributed by atoms with Crippen molar-refractivity contribution >= 4 is 15.9 Å². The molecule has 1 aromatic heterocycles. The van der Waals surface area contributed by atoms with E-state index in [1.807, 2.05) is 44.2 Å². The van der Waals surface area contributed by atoms with Gasteiger partial charge in [0.15, 0.2) is 5.76 Å². The Morgan fingerprint density at radius 2 is 1.78 bits per heavy atom. The van der Waals surface area contributed by atoms with E-state index >= 15 is 0 Å². The van der Waals surface area contributed by atoms with Gasteiger partial charge in [0.2, 0.25) is 10.0 Å². The molecule has 3 rings (SSSR count). The highest BCUT2D eigenvalue weighted by Gasteiger charge is 2.32. The maximum atomic E-state index is 12.8. The van der Waals surface area contributed by atoms with Crippen LogP contribution in [0, 0.1) is 12.8 Å². The van der Waals surface area contributed by atoms with Gasteiger partial charge in [0, 0.05) is 19.2 Å². The van der Waals surface area contributed by atoms with E-state index in [0.717, 1.165) is 18.4 Å². The fourth-order valence-electron chi connectivity index (χ4n) is 3.41. The lowest BCUT2D eigenvalue weighted by Crippen LogP contribution is -2.31. The predicted molar refractivity (Wildman–Crippen MR) is 103 cm³/mol. The van der Waals surface area contributed by atoms with Crippen LogP contribution in [0.25, 0.3) is 0 Å². The molecule has 2 aromatic rings. The van der Waals surface area contributed by atoms with Crippen LogP contribution in [0.2, 0.25) is 0 Å². The molecule has 0 saturated carbocycles. The Hall–Kier alpha value is -2.12. The molecule has 146 valence electrons. The number of carbonyl (C=O) groups excluding carboxylic acids is 1. The zero-order chi connectivity index (χ0) is 19.6. The largest absolute Gasteiger partial charge is 0.455 e. The highest BCUT2D eigenvalue weighted by molar-refractivity contribution is 7.89. The number of sulfonamides is 1. The van der Waals surface area contributed by atoms with Gasteiger partial charge < -0.3 is 9.73 Å². The van der Waals surface area contributed by atoms with Crippen LogP contribution in [-0.4, -0.2) is 31.7 Å². The number of benzene rings is 1. The van der Waals surface area contributed by atoms with Gasteiger partial charge in [-0.15, -0.1) is 0 Å². The number of carbonyl (C=O) groups is 1. The molecule has 1 fully saturated rings. The first-order chi connectivity index (χ1) is 12.8. The molecule has 1 atom stereocenters. The van der Waals surface area contributed by atoms with Gasteiger partial charge in [-0.2, -0.15) is 4.31 Å². The summed E-state index contributed by atoms with van der Waals surface area (Å²) in [4.78, 5) is 12.8. The molecule has 0 aliphatic carbocycles. The monoisotopic (exact) mass is 390 g/mol. The number of rotatable bonds is 6. The number of aryl methyl sites for hydroxylation is 1. The average Bonchev–Trinajstić information content (AvgIpc) is 3.30. The zero-order valence-corrected chi connectivity index (χ0v) is 16.8. The lowest BCUT2D eigenvalue weighted by Gasteiger charge is -2.22. The summed E-state index contributed by atoms with van der Waals surface area (Å²) in [7, 11) is -3.62. The Kier molecular flexibility index (Phi) is 5.72. The topological polar surface area (TPSA) is 79.6 Å². The standard InChI is InChI=1S/C20H26N2O4S/c1-14(2)19(16-9-5-4-6-10-16)21-20(23)17-13-18(15(3)26-17)27(24,25)22-11-7-8-12-22/h4-6,9-10,13-14,19H,7-8,11-12H2,1-3H3,(H,21,23). The number of hydrogen-bond acceptors (Lipinski definition) is 4. The maximum absolute atomic E-state index is 12.8. The van der Waals surface area contributed by atoms with Gasteiger partial charge in [-0.25, -0.2) is 8.42 Å². The predicted octanol–water partition coefficient (Wildman–Crippen LogP) is 3.50. The van der Waals surface area contributed by atoms with Crippen molar-refractivity contribution in [3.8, 4) is 0 Å². The lowest BCUT2D eigenvalue weighted by molar-refractivity contribution is 0.0896. The smallest absolute Gasteiger partial charge is 0.287 e. The van der Waals surface area contributed by atoms with Crippen LogP contribution in [0.3, 0.4) is 0 Å². The van der Waals surface area contributed by atoms with Crippen LogP contribution in [0.15, 0.2) is 45.7 Å². The Morgan fingerprint density at radius 3 is 2.37 bits per heavy atom. The summed E-state index contributed by atoms with van der Waals surface area (Å²) in [5.41, 5.74) is 0.994. The van der Waals surface area contributed by atoms with Crippen LogP contribution in [0.1, 0.15) is 54.6 Å². The van der Waals surface area contributed by atoms with E-state index in [-0.39, 0.29) is 28.4 Å². The highest BCUT2D eigenvalue weighted by atomic mass is 32.2. The van der Waals surface area contributed by atoms with Gasteiger partial charge in [0.05, 0.1) is 6.04 Å². The molecule has 1 aliphatic rings. The Bertz CT molecular complexity index is 897. The maximum Gasteiger partial charge on any atom is 0.287 e. The Labute approximate surface area is 160 Å². The van der Waals surface area contributed by atoms with Crippen LogP contribution in [0.5, 0.6) is 0 Å². The second-order valence-corrected chi connectivity index (χ2v) is 9.15. The van der Waals surface area contributed by atoms with Crippen LogP contribution in [-0.2, 0) is 10.0 Å². The number of hydrogen-bond donors (Lipinski definition) is 1. The molecule has 0 radical (unpaired) electrons. The quantitative estimate of drug-likeness (QED) is 0.819. The molecule has 0 spiro atoms. The summed E-state index contributed by atoms with van der Waals surface area (Å²) < 4.78 is 32.5. The lowest BCUT2D eigenvalue weighted by atomic mass is 9.96. The number of nitrogens with one attached hydrogen (secondary N) is 1. The van der Waals surface area contributed by atoms with E-state index in [1.165, 1.54) is 10.4 Å². The third-order valence-electron chi connectivity index (χ3n) is 4.89. The summed E-state index contributed by atoms with van der Waals surface area (Å²) in [6, 6.07) is 10.9. The molecule has 2 heterocycles. The third kappa shape index (κ3) is 4.09. The Morgan fingerprint density at radius 1 is 1.15 bits per heavy atom. The molecule has 27 heavy (non-hydrogen) atoms. The van der Waals surface area contributed by atoms with Crippen molar-refractivity contribution in [2.24, 2.45) is 5.92 Å². The number of furan rings is 1. The highest BCUT2D eigenvalue weighted by Crippen LogP contribution is 2.27. The summed E-state index contributed by atoms with van der Waals surface area (Å²) in [6.45, 7) is 6.65. The second kappa shape index (κ2) is 7.86. The van der Waals surface area contributed by atoms with Crippen molar-refractivity contribution in [1.82, 2.24) is 9.62 Å². The van der Waals surface area contributed by atoms with Gasteiger partial charge in [0.25, 0.3) is 5.91 Å². The van der Waals surface area contributed by atoms with Crippen molar-refractivity contribution in [2.75, 3.05) is 13.1 Å². The minimum absolute atomic E-state index is 0.0202. The molecule has 1 amide bonds. The summed E-state index contributed by atoms with van der Waals surface area (Å²) in [5, 5.41) is 2.97. The summed E-state index contributed by atoms with van der Waals surface area (Å²) in [5.74, 6) is 0.0171.